The van der Waals surface area contributed by atoms with E-state index in [0.717, 1.165) is 92.8 Å². The highest BCUT2D eigenvalue weighted by Crippen LogP contribution is 2.39. The van der Waals surface area contributed by atoms with E-state index in [1.807, 2.05) is 24.3 Å². The van der Waals surface area contributed by atoms with Gasteiger partial charge in [0.2, 0.25) is 0 Å². The van der Waals surface area contributed by atoms with Crippen LogP contribution in [0, 0.1) is 11.8 Å². The smallest absolute Gasteiger partial charge is 0.303 e. The summed E-state index contributed by atoms with van der Waals surface area (Å²) in [6.45, 7) is 3.16. The Kier molecular flexibility index (Phi) is 16.9. The van der Waals surface area contributed by atoms with Crippen LogP contribution in [0.3, 0.4) is 0 Å². The summed E-state index contributed by atoms with van der Waals surface area (Å²) in [4.78, 5) is 62.7. The number of nitrogens with one attached hydrogen (secondary N) is 2. The van der Waals surface area contributed by atoms with Gasteiger partial charge < -0.3 is 30.6 Å². The minimum absolute atomic E-state index is 0.00613. The number of carboxylic acids is 2. The zero-order valence-electron chi connectivity index (χ0n) is 36.0. The van der Waals surface area contributed by atoms with E-state index in [1.165, 1.54) is 89.9 Å². The first-order valence-corrected chi connectivity index (χ1v) is 25.3. The van der Waals surface area contributed by atoms with Crippen molar-refractivity contribution in [3.8, 4) is 0 Å². The Bertz CT molecular complexity index is 1790. The lowest BCUT2D eigenvalue weighted by atomic mass is 9.95. The first-order chi connectivity index (χ1) is 29.7. The molecule has 12 nitrogen and oxygen atoms in total. The monoisotopic (exact) mass is 876 g/mol. The molecule has 0 radical (unpaired) electrons. The predicted molar refractivity (Wildman–Crippen MR) is 243 cm³/mol. The quantitative estimate of drug-likeness (QED) is 0.142. The van der Waals surface area contributed by atoms with Crippen LogP contribution >= 0.6 is 23.5 Å². The number of pyridine rings is 2. The Morgan fingerprint density at radius 2 is 0.934 bits per heavy atom. The van der Waals surface area contributed by atoms with Crippen LogP contribution in [0.2, 0.25) is 0 Å². The number of hydrogen-bond donors (Lipinski definition) is 4. The van der Waals surface area contributed by atoms with E-state index in [0.29, 0.717) is 21.6 Å². The highest BCUT2D eigenvalue weighted by molar-refractivity contribution is 8.00. The van der Waals surface area contributed by atoms with Crippen LogP contribution < -0.4 is 20.4 Å². The number of nitrogens with zero attached hydrogens (tertiary/aromatic N) is 4. The van der Waals surface area contributed by atoms with E-state index in [1.54, 1.807) is 23.5 Å². The molecule has 14 heteroatoms. The maximum atomic E-state index is 13.1. The predicted octanol–water partition coefficient (Wildman–Crippen LogP) is 9.35. The molecule has 0 aromatic carbocycles. The lowest BCUT2D eigenvalue weighted by molar-refractivity contribution is -0.139. The highest BCUT2D eigenvalue weighted by Gasteiger charge is 2.30. The molecule has 2 aromatic heterocycles. The third-order valence-electron chi connectivity index (χ3n) is 13.6. The van der Waals surface area contributed by atoms with Crippen molar-refractivity contribution in [3.63, 3.8) is 0 Å². The molecule has 4 N–H and O–H groups in total. The molecule has 6 aliphatic rings. The third kappa shape index (κ3) is 13.5. The van der Waals surface area contributed by atoms with Crippen molar-refractivity contribution < 1.29 is 29.4 Å². The van der Waals surface area contributed by atoms with Gasteiger partial charge in [0.05, 0.1) is 11.1 Å². The second-order valence-electron chi connectivity index (χ2n) is 18.5. The minimum atomic E-state index is -0.734. The van der Waals surface area contributed by atoms with Crippen molar-refractivity contribution in [1.82, 2.24) is 20.6 Å². The molecule has 0 bridgehead atoms. The van der Waals surface area contributed by atoms with Gasteiger partial charge in [-0.1, -0.05) is 64.2 Å². The lowest BCUT2D eigenvalue weighted by Gasteiger charge is -2.33. The summed E-state index contributed by atoms with van der Waals surface area (Å²) in [6.07, 6.45) is 24.6. The molecule has 4 aliphatic carbocycles. The molecule has 8 rings (SSSR count). The van der Waals surface area contributed by atoms with Gasteiger partial charge in [0.1, 0.15) is 21.7 Å². The Morgan fingerprint density at radius 3 is 1.38 bits per heavy atom. The molecule has 4 heterocycles. The number of amides is 2. The average molecular weight is 877 g/mol. The molecule has 61 heavy (non-hydrogen) atoms. The zero-order chi connectivity index (χ0) is 42.6. The van der Waals surface area contributed by atoms with Crippen molar-refractivity contribution in [2.75, 3.05) is 36.0 Å². The van der Waals surface area contributed by atoms with Gasteiger partial charge in [-0.2, -0.15) is 0 Å². The largest absolute Gasteiger partial charge is 0.481 e. The fourth-order valence-corrected chi connectivity index (χ4v) is 12.9. The number of aromatic nitrogens is 2. The first-order valence-electron chi connectivity index (χ1n) is 23.6. The molecule has 6 fully saturated rings. The number of anilines is 2. The van der Waals surface area contributed by atoms with Crippen LogP contribution in [0.5, 0.6) is 0 Å². The molecule has 2 saturated heterocycles. The van der Waals surface area contributed by atoms with E-state index < -0.39 is 11.9 Å². The number of hydrogen-bond acceptors (Lipinski definition) is 10. The fraction of sp³-hybridized carbons (Fsp3) is 0.702. The van der Waals surface area contributed by atoms with Gasteiger partial charge in [-0.15, -0.1) is 23.5 Å². The van der Waals surface area contributed by atoms with E-state index in [-0.39, 0.29) is 48.6 Å². The van der Waals surface area contributed by atoms with Crippen LogP contribution in [0.25, 0.3) is 0 Å². The van der Waals surface area contributed by atoms with Gasteiger partial charge in [0.25, 0.3) is 11.8 Å². The second-order valence-corrected chi connectivity index (χ2v) is 21.0. The average Bonchev–Trinajstić information content (AvgIpc) is 4.07. The van der Waals surface area contributed by atoms with Crippen molar-refractivity contribution in [3.05, 3.63) is 35.4 Å². The molecule has 4 saturated carbocycles. The lowest BCUT2D eigenvalue weighted by Crippen LogP contribution is -2.38. The SMILES string of the molecule is O=C(O)C[C@@H]1CCCN(c2ccc(C(=O)NC3CCCCC3)c(SC3CCCC3)n2)C1.O=C(O)C[C@@H]1CCN(c2ccc(C(=O)NC3CCCCC3)c(SC3CCCC3)n2)C1. The van der Waals surface area contributed by atoms with E-state index in [9.17, 15) is 24.3 Å². The van der Waals surface area contributed by atoms with Crippen molar-refractivity contribution in [1.29, 1.82) is 0 Å². The Morgan fingerprint density at radius 1 is 0.525 bits per heavy atom. The molecular formula is C47H68N6O6S2. The molecule has 2 aromatic rings. The summed E-state index contributed by atoms with van der Waals surface area (Å²) < 4.78 is 0. The van der Waals surface area contributed by atoms with E-state index >= 15 is 0 Å². The Labute approximate surface area is 371 Å². The molecule has 2 aliphatic heterocycles. The maximum Gasteiger partial charge on any atom is 0.303 e. The number of carbonyl (C=O) groups is 4. The number of aliphatic carboxylic acids is 2. The maximum absolute atomic E-state index is 13.1. The Balaban J connectivity index is 0.000000184. The van der Waals surface area contributed by atoms with Gasteiger partial charge in [-0.05, 0) is 107 Å². The number of thioether (sulfide) groups is 2. The van der Waals surface area contributed by atoms with Gasteiger partial charge in [0.15, 0.2) is 0 Å². The van der Waals surface area contributed by atoms with E-state index in [4.69, 9.17) is 15.1 Å². The van der Waals surface area contributed by atoms with Gasteiger partial charge >= 0.3 is 11.9 Å². The van der Waals surface area contributed by atoms with Gasteiger partial charge in [-0.3, -0.25) is 19.2 Å². The first kappa shape index (κ1) is 45.5. The summed E-state index contributed by atoms with van der Waals surface area (Å²) in [5, 5.41) is 27.5. The molecule has 2 atom stereocenters. The van der Waals surface area contributed by atoms with Gasteiger partial charge in [-0.25, -0.2) is 9.97 Å². The van der Waals surface area contributed by atoms with Crippen LogP contribution in [0.1, 0.15) is 168 Å². The van der Waals surface area contributed by atoms with Crippen molar-refractivity contribution in [2.45, 2.75) is 180 Å². The summed E-state index contributed by atoms with van der Waals surface area (Å²) in [5.41, 5.74) is 1.40. The molecule has 2 amide bonds. The second kappa shape index (κ2) is 22.7. The summed E-state index contributed by atoms with van der Waals surface area (Å²) in [5.74, 6) is 0.634. The normalized spacial score (nSPS) is 23.1. The summed E-state index contributed by atoms with van der Waals surface area (Å²) in [7, 11) is 0. The van der Waals surface area contributed by atoms with Crippen LogP contribution in [-0.4, -0.2) is 92.7 Å². The molecular weight excluding hydrogens is 809 g/mol. The van der Waals surface area contributed by atoms with Crippen LogP contribution in [0.4, 0.5) is 11.6 Å². The number of carboxylic acid groups (broad SMARTS) is 2. The van der Waals surface area contributed by atoms with E-state index in [2.05, 4.69) is 20.4 Å². The topological polar surface area (TPSA) is 165 Å². The summed E-state index contributed by atoms with van der Waals surface area (Å²) >= 11 is 3.52. The fourth-order valence-electron chi connectivity index (χ4n) is 10.2. The molecule has 0 unspecified atom stereocenters. The standard InChI is InChI=1S/C24H35N3O3S.C23H33N3O3S/c28-22(29)15-17-7-6-14-27(16-17)21-13-12-20(23(30)25-18-8-2-1-3-9-18)24(26-21)31-19-10-4-5-11-19;27-21(28)14-16-12-13-26(15-16)20-11-10-19(22(29)24-17-6-2-1-3-7-17)23(25-20)30-18-8-4-5-9-18/h12-13,17-19H,1-11,14-16H2,(H,25,30)(H,28,29);10-11,16-18H,1-9,12-15H2,(H,24,29)(H,27,28)/t17-;16-/m00/s1. The number of piperidine rings is 1. The third-order valence-corrected chi connectivity index (χ3v) is 16.3. The minimum Gasteiger partial charge on any atom is -0.481 e. The summed E-state index contributed by atoms with van der Waals surface area (Å²) in [6, 6.07) is 8.34. The Hall–Kier alpha value is -3.52. The number of carbonyl (C=O) groups excluding carboxylic acids is 2. The zero-order valence-corrected chi connectivity index (χ0v) is 37.6. The van der Waals surface area contributed by atoms with Crippen molar-refractivity contribution >= 4 is 58.9 Å². The molecule has 334 valence electrons. The number of rotatable bonds is 14. The van der Waals surface area contributed by atoms with Gasteiger partial charge in [0, 0.05) is 61.6 Å². The van der Waals surface area contributed by atoms with Crippen LogP contribution in [-0.2, 0) is 9.59 Å². The van der Waals surface area contributed by atoms with Crippen molar-refractivity contribution in [2.24, 2.45) is 11.8 Å². The molecule has 0 spiro atoms. The van der Waals surface area contributed by atoms with Crippen LogP contribution in [0.15, 0.2) is 34.3 Å². The highest BCUT2D eigenvalue weighted by atomic mass is 32.2.